The summed E-state index contributed by atoms with van der Waals surface area (Å²) in [6.07, 6.45) is 6.62. The average molecular weight is 170 g/mol. The van der Waals surface area contributed by atoms with Crippen molar-refractivity contribution in [1.29, 1.82) is 0 Å². The molecule has 1 aliphatic rings. The Labute approximate surface area is 72.4 Å². The Morgan fingerprint density at radius 2 is 2.42 bits per heavy atom. The van der Waals surface area contributed by atoms with E-state index >= 15 is 0 Å². The van der Waals surface area contributed by atoms with Crippen LogP contribution in [0.4, 0.5) is 0 Å². The van der Waals surface area contributed by atoms with Crippen LogP contribution in [0.2, 0.25) is 0 Å². The zero-order chi connectivity index (χ0) is 8.81. The Balaban J connectivity index is 2.28. The first-order valence-electron chi connectivity index (χ1n) is 4.20. The molecule has 1 rings (SSSR count). The smallest absolute Gasteiger partial charge is 0.330 e. The molecule has 0 aromatic carbocycles. The van der Waals surface area contributed by atoms with Crippen LogP contribution in [0.5, 0.6) is 0 Å². The van der Waals surface area contributed by atoms with Crippen molar-refractivity contribution < 1.29 is 14.3 Å². The van der Waals surface area contributed by atoms with Crippen molar-refractivity contribution in [2.24, 2.45) is 0 Å². The third-order valence-electron chi connectivity index (χ3n) is 1.86. The van der Waals surface area contributed by atoms with Gasteiger partial charge in [-0.25, -0.2) is 4.79 Å². The lowest BCUT2D eigenvalue weighted by molar-refractivity contribution is -0.134. The summed E-state index contributed by atoms with van der Waals surface area (Å²) in [7, 11) is 1.37. The summed E-state index contributed by atoms with van der Waals surface area (Å²) in [5, 5.41) is 0. The van der Waals surface area contributed by atoms with Gasteiger partial charge in [-0.2, -0.15) is 0 Å². The summed E-state index contributed by atoms with van der Waals surface area (Å²) in [6.45, 7) is 0.802. The highest BCUT2D eigenvalue weighted by atomic mass is 16.5. The molecule has 0 radical (unpaired) electrons. The highest BCUT2D eigenvalue weighted by Gasteiger charge is 2.10. The minimum Gasteiger partial charge on any atom is -0.466 e. The maximum Gasteiger partial charge on any atom is 0.330 e. The third-order valence-corrected chi connectivity index (χ3v) is 1.86. The van der Waals surface area contributed by atoms with Gasteiger partial charge < -0.3 is 9.47 Å². The fraction of sp³-hybridized carbons (Fsp3) is 0.667. The Kier molecular flexibility index (Phi) is 3.80. The van der Waals surface area contributed by atoms with E-state index in [-0.39, 0.29) is 12.1 Å². The minimum atomic E-state index is -0.316. The molecule has 0 aliphatic carbocycles. The van der Waals surface area contributed by atoms with E-state index in [2.05, 4.69) is 4.74 Å². The molecule has 68 valence electrons. The molecule has 1 aliphatic heterocycles. The highest BCUT2D eigenvalue weighted by molar-refractivity contribution is 5.81. The Hall–Kier alpha value is -0.830. The monoisotopic (exact) mass is 170 g/mol. The lowest BCUT2D eigenvalue weighted by atomic mass is 10.1. The van der Waals surface area contributed by atoms with E-state index in [1.807, 2.05) is 0 Å². The molecule has 1 heterocycles. The van der Waals surface area contributed by atoms with Crippen LogP contribution in [-0.2, 0) is 14.3 Å². The van der Waals surface area contributed by atoms with Crippen molar-refractivity contribution in [3.63, 3.8) is 0 Å². The van der Waals surface area contributed by atoms with Crippen LogP contribution in [0.25, 0.3) is 0 Å². The predicted molar refractivity (Wildman–Crippen MR) is 44.7 cm³/mol. The molecule has 0 aromatic rings. The van der Waals surface area contributed by atoms with Gasteiger partial charge in [-0.15, -0.1) is 0 Å². The molecular weight excluding hydrogens is 156 g/mol. The molecule has 0 amide bonds. The van der Waals surface area contributed by atoms with Crippen molar-refractivity contribution in [3.05, 3.63) is 12.2 Å². The summed E-state index contributed by atoms with van der Waals surface area (Å²) in [5.41, 5.74) is 0. The molecule has 0 saturated carbocycles. The lowest BCUT2D eigenvalue weighted by Crippen LogP contribution is -2.16. The second kappa shape index (κ2) is 4.93. The van der Waals surface area contributed by atoms with Gasteiger partial charge in [0.1, 0.15) is 0 Å². The molecule has 0 spiro atoms. The second-order valence-electron chi connectivity index (χ2n) is 2.79. The number of hydrogen-bond donors (Lipinski definition) is 0. The normalized spacial score (nSPS) is 24.2. The zero-order valence-corrected chi connectivity index (χ0v) is 7.29. The van der Waals surface area contributed by atoms with E-state index < -0.39 is 0 Å². The number of carbonyl (C=O) groups is 1. The molecule has 0 bridgehead atoms. The fourth-order valence-electron chi connectivity index (χ4n) is 1.17. The molecule has 3 heteroatoms. The van der Waals surface area contributed by atoms with Crippen LogP contribution in [0.15, 0.2) is 12.2 Å². The van der Waals surface area contributed by atoms with Crippen LogP contribution < -0.4 is 0 Å². The standard InChI is InChI=1S/C9H14O3/c1-11-9(10)6-5-8-4-2-3-7-12-8/h5-6,8H,2-4,7H2,1H3/b6-5-. The Morgan fingerprint density at radius 1 is 1.58 bits per heavy atom. The summed E-state index contributed by atoms with van der Waals surface area (Å²) < 4.78 is 9.84. The van der Waals surface area contributed by atoms with Gasteiger partial charge in [-0.3, -0.25) is 0 Å². The van der Waals surface area contributed by atoms with Gasteiger partial charge in [0.25, 0.3) is 0 Å². The van der Waals surface area contributed by atoms with E-state index in [1.165, 1.54) is 19.6 Å². The van der Waals surface area contributed by atoms with Crippen molar-refractivity contribution >= 4 is 5.97 Å². The Morgan fingerprint density at radius 3 is 3.00 bits per heavy atom. The summed E-state index contributed by atoms with van der Waals surface area (Å²) in [6, 6.07) is 0. The maximum atomic E-state index is 10.7. The van der Waals surface area contributed by atoms with Gasteiger partial charge in [-0.05, 0) is 25.3 Å². The second-order valence-corrected chi connectivity index (χ2v) is 2.79. The quantitative estimate of drug-likeness (QED) is 0.462. The van der Waals surface area contributed by atoms with E-state index in [4.69, 9.17) is 4.74 Å². The number of carbonyl (C=O) groups excluding carboxylic acids is 1. The lowest BCUT2D eigenvalue weighted by Gasteiger charge is -2.18. The van der Waals surface area contributed by atoms with E-state index in [1.54, 1.807) is 6.08 Å². The SMILES string of the molecule is COC(=O)/C=C\C1CCCCO1. The van der Waals surface area contributed by atoms with Gasteiger partial charge in [0.05, 0.1) is 13.2 Å². The molecular formula is C9H14O3. The third kappa shape index (κ3) is 3.05. The number of methoxy groups -OCH3 is 1. The van der Waals surface area contributed by atoms with Crippen LogP contribution >= 0.6 is 0 Å². The number of ether oxygens (including phenoxy) is 2. The van der Waals surface area contributed by atoms with Crippen molar-refractivity contribution in [2.45, 2.75) is 25.4 Å². The number of hydrogen-bond acceptors (Lipinski definition) is 3. The van der Waals surface area contributed by atoms with Crippen molar-refractivity contribution in [2.75, 3.05) is 13.7 Å². The van der Waals surface area contributed by atoms with E-state index in [0.717, 1.165) is 19.4 Å². The topological polar surface area (TPSA) is 35.5 Å². The summed E-state index contributed by atoms with van der Waals surface area (Å²) in [4.78, 5) is 10.7. The maximum absolute atomic E-state index is 10.7. The van der Waals surface area contributed by atoms with Crippen LogP contribution in [0.3, 0.4) is 0 Å². The van der Waals surface area contributed by atoms with Crippen molar-refractivity contribution in [3.8, 4) is 0 Å². The molecule has 1 fully saturated rings. The van der Waals surface area contributed by atoms with Crippen LogP contribution in [0, 0.1) is 0 Å². The first kappa shape index (κ1) is 9.26. The molecule has 1 atom stereocenters. The molecule has 1 unspecified atom stereocenters. The van der Waals surface area contributed by atoms with E-state index in [0.29, 0.717) is 0 Å². The van der Waals surface area contributed by atoms with Gasteiger partial charge in [0.2, 0.25) is 0 Å². The molecule has 1 saturated heterocycles. The molecule has 12 heavy (non-hydrogen) atoms. The first-order valence-corrected chi connectivity index (χ1v) is 4.20. The number of rotatable bonds is 2. The van der Waals surface area contributed by atoms with Gasteiger partial charge in [-0.1, -0.05) is 0 Å². The van der Waals surface area contributed by atoms with Gasteiger partial charge >= 0.3 is 5.97 Å². The zero-order valence-electron chi connectivity index (χ0n) is 7.29. The molecule has 3 nitrogen and oxygen atoms in total. The summed E-state index contributed by atoms with van der Waals surface area (Å²) in [5.74, 6) is -0.316. The van der Waals surface area contributed by atoms with Gasteiger partial charge in [0.15, 0.2) is 0 Å². The number of esters is 1. The average Bonchev–Trinajstić information content (AvgIpc) is 2.16. The van der Waals surface area contributed by atoms with Crippen LogP contribution in [0.1, 0.15) is 19.3 Å². The first-order chi connectivity index (χ1) is 5.83. The Bertz CT molecular complexity index is 169. The van der Waals surface area contributed by atoms with Crippen LogP contribution in [-0.4, -0.2) is 25.8 Å². The molecule has 0 aromatic heterocycles. The fourth-order valence-corrected chi connectivity index (χ4v) is 1.17. The predicted octanol–water partition coefficient (Wildman–Crippen LogP) is 1.28. The minimum absolute atomic E-state index is 0.109. The van der Waals surface area contributed by atoms with E-state index in [9.17, 15) is 4.79 Å². The molecule has 0 N–H and O–H groups in total. The van der Waals surface area contributed by atoms with Crippen molar-refractivity contribution in [1.82, 2.24) is 0 Å². The summed E-state index contributed by atoms with van der Waals surface area (Å²) >= 11 is 0. The largest absolute Gasteiger partial charge is 0.466 e. The van der Waals surface area contributed by atoms with Gasteiger partial charge in [0, 0.05) is 12.7 Å². The highest BCUT2D eigenvalue weighted by Crippen LogP contribution is 2.13.